The standard InChI is InChI=1S/C19H19N3O3/c1-13-15(6-8-18-20-10-11-22(13)18)21-19(23)9-5-14-4-7-16(24-2)17(12-14)25-3/h4-12H,1-3H3,(H,21,23)/b9-5+. The van der Waals surface area contributed by atoms with E-state index in [-0.39, 0.29) is 5.91 Å². The minimum atomic E-state index is -0.211. The molecule has 1 aromatic carbocycles. The Balaban J connectivity index is 1.75. The number of ether oxygens (including phenoxy) is 2. The van der Waals surface area contributed by atoms with E-state index >= 15 is 0 Å². The highest BCUT2D eigenvalue weighted by Gasteiger charge is 2.06. The SMILES string of the molecule is COc1ccc(/C=C/C(=O)Nc2ccc3nccn3c2C)cc1OC. The van der Waals surface area contributed by atoms with Gasteiger partial charge in [-0.1, -0.05) is 6.07 Å². The first-order valence-electron chi connectivity index (χ1n) is 7.76. The number of hydrogen-bond acceptors (Lipinski definition) is 4. The molecule has 2 aromatic heterocycles. The van der Waals surface area contributed by atoms with Crippen molar-refractivity contribution < 1.29 is 14.3 Å². The Morgan fingerprint density at radius 1 is 1.16 bits per heavy atom. The van der Waals surface area contributed by atoms with E-state index in [2.05, 4.69) is 10.3 Å². The maximum Gasteiger partial charge on any atom is 0.248 e. The molecular formula is C19H19N3O3. The summed E-state index contributed by atoms with van der Waals surface area (Å²) in [6.45, 7) is 1.93. The number of pyridine rings is 1. The molecule has 0 radical (unpaired) electrons. The molecule has 0 unspecified atom stereocenters. The summed E-state index contributed by atoms with van der Waals surface area (Å²) in [5.74, 6) is 1.05. The molecule has 6 nitrogen and oxygen atoms in total. The average molecular weight is 337 g/mol. The van der Waals surface area contributed by atoms with Gasteiger partial charge in [0.25, 0.3) is 0 Å². The number of hydrogen-bond donors (Lipinski definition) is 1. The maximum atomic E-state index is 12.2. The Bertz CT molecular complexity index is 944. The Labute approximate surface area is 145 Å². The van der Waals surface area contributed by atoms with E-state index in [1.54, 1.807) is 32.6 Å². The first-order valence-corrected chi connectivity index (χ1v) is 7.76. The number of rotatable bonds is 5. The van der Waals surface area contributed by atoms with Crippen molar-refractivity contribution >= 4 is 23.3 Å². The number of fused-ring (bicyclic) bond motifs is 1. The molecule has 0 spiro atoms. The summed E-state index contributed by atoms with van der Waals surface area (Å²) in [5.41, 5.74) is 3.35. The lowest BCUT2D eigenvalue weighted by Crippen LogP contribution is -2.10. The van der Waals surface area contributed by atoms with Crippen molar-refractivity contribution in [2.45, 2.75) is 6.92 Å². The smallest absolute Gasteiger partial charge is 0.248 e. The van der Waals surface area contributed by atoms with Gasteiger partial charge in [-0.3, -0.25) is 4.79 Å². The van der Waals surface area contributed by atoms with Gasteiger partial charge in [0.05, 0.1) is 19.9 Å². The van der Waals surface area contributed by atoms with Gasteiger partial charge in [-0.15, -0.1) is 0 Å². The molecule has 2 heterocycles. The Morgan fingerprint density at radius 3 is 2.72 bits per heavy atom. The number of nitrogens with one attached hydrogen (secondary N) is 1. The first kappa shape index (κ1) is 16.6. The molecule has 128 valence electrons. The van der Waals surface area contributed by atoms with E-state index in [4.69, 9.17) is 9.47 Å². The van der Waals surface area contributed by atoms with Gasteiger partial charge in [-0.25, -0.2) is 4.98 Å². The number of benzene rings is 1. The van der Waals surface area contributed by atoms with Crippen molar-refractivity contribution in [1.82, 2.24) is 9.38 Å². The number of carbonyl (C=O) groups is 1. The Morgan fingerprint density at radius 2 is 1.96 bits per heavy atom. The number of anilines is 1. The molecule has 0 saturated heterocycles. The predicted molar refractivity (Wildman–Crippen MR) is 97.1 cm³/mol. The van der Waals surface area contributed by atoms with E-state index in [1.807, 2.05) is 41.8 Å². The molecule has 25 heavy (non-hydrogen) atoms. The predicted octanol–water partition coefficient (Wildman–Crippen LogP) is 3.31. The minimum Gasteiger partial charge on any atom is -0.493 e. The van der Waals surface area contributed by atoms with Crippen LogP contribution in [0.2, 0.25) is 0 Å². The van der Waals surface area contributed by atoms with Crippen molar-refractivity contribution in [2.24, 2.45) is 0 Å². The van der Waals surface area contributed by atoms with Crippen LogP contribution in [0.5, 0.6) is 11.5 Å². The van der Waals surface area contributed by atoms with Gasteiger partial charge in [0.15, 0.2) is 11.5 Å². The van der Waals surface area contributed by atoms with Gasteiger partial charge in [-0.2, -0.15) is 0 Å². The van der Waals surface area contributed by atoms with Crippen molar-refractivity contribution in [1.29, 1.82) is 0 Å². The van der Waals surface area contributed by atoms with Crippen LogP contribution in [-0.4, -0.2) is 29.5 Å². The summed E-state index contributed by atoms with van der Waals surface area (Å²) in [6.07, 6.45) is 6.80. The van der Waals surface area contributed by atoms with Crippen molar-refractivity contribution in [3.05, 3.63) is 60.1 Å². The summed E-state index contributed by atoms with van der Waals surface area (Å²) < 4.78 is 12.4. The third kappa shape index (κ3) is 3.47. The summed E-state index contributed by atoms with van der Waals surface area (Å²) in [4.78, 5) is 16.4. The zero-order valence-electron chi connectivity index (χ0n) is 14.3. The zero-order chi connectivity index (χ0) is 17.8. The number of imidazole rings is 1. The van der Waals surface area contributed by atoms with Crippen LogP contribution in [0.25, 0.3) is 11.7 Å². The molecule has 0 aliphatic carbocycles. The van der Waals surface area contributed by atoms with E-state index in [9.17, 15) is 4.79 Å². The fourth-order valence-electron chi connectivity index (χ4n) is 2.57. The molecule has 0 atom stereocenters. The van der Waals surface area contributed by atoms with E-state index in [0.29, 0.717) is 11.5 Å². The molecule has 0 saturated carbocycles. The second kappa shape index (κ2) is 7.09. The number of aryl methyl sites for hydroxylation is 1. The van der Waals surface area contributed by atoms with Crippen molar-refractivity contribution in [3.8, 4) is 11.5 Å². The lowest BCUT2D eigenvalue weighted by molar-refractivity contribution is -0.111. The summed E-state index contributed by atoms with van der Waals surface area (Å²) in [6, 6.07) is 9.17. The van der Waals surface area contributed by atoms with Gasteiger partial charge in [0.1, 0.15) is 5.65 Å². The van der Waals surface area contributed by atoms with E-state index < -0.39 is 0 Å². The molecule has 3 rings (SSSR count). The summed E-state index contributed by atoms with van der Waals surface area (Å²) >= 11 is 0. The number of nitrogens with zero attached hydrogens (tertiary/aromatic N) is 2. The first-order chi connectivity index (χ1) is 12.1. The minimum absolute atomic E-state index is 0.211. The quantitative estimate of drug-likeness (QED) is 0.726. The number of amides is 1. The monoisotopic (exact) mass is 337 g/mol. The molecule has 1 N–H and O–H groups in total. The molecule has 0 bridgehead atoms. The van der Waals surface area contributed by atoms with Crippen LogP contribution in [0.4, 0.5) is 5.69 Å². The highest BCUT2D eigenvalue weighted by Crippen LogP contribution is 2.28. The molecule has 3 aromatic rings. The fraction of sp³-hybridized carbons (Fsp3) is 0.158. The highest BCUT2D eigenvalue weighted by molar-refractivity contribution is 6.02. The molecule has 0 fully saturated rings. The Kier molecular flexibility index (Phi) is 4.70. The highest BCUT2D eigenvalue weighted by atomic mass is 16.5. The summed E-state index contributed by atoms with van der Waals surface area (Å²) in [7, 11) is 3.16. The largest absolute Gasteiger partial charge is 0.493 e. The lowest BCUT2D eigenvalue weighted by atomic mass is 10.2. The van der Waals surface area contributed by atoms with Crippen molar-refractivity contribution in [3.63, 3.8) is 0 Å². The topological polar surface area (TPSA) is 64.9 Å². The third-order valence-corrected chi connectivity index (χ3v) is 3.91. The van der Waals surface area contributed by atoms with Crippen molar-refractivity contribution in [2.75, 3.05) is 19.5 Å². The van der Waals surface area contributed by atoms with Crippen LogP contribution in [-0.2, 0) is 4.79 Å². The number of carbonyl (C=O) groups excluding carboxylic acids is 1. The van der Waals surface area contributed by atoms with Crippen LogP contribution in [0, 0.1) is 6.92 Å². The van der Waals surface area contributed by atoms with Gasteiger partial charge < -0.3 is 19.2 Å². The Hall–Kier alpha value is -3.28. The van der Waals surface area contributed by atoms with Gasteiger partial charge in [0.2, 0.25) is 5.91 Å². The van der Waals surface area contributed by atoms with Gasteiger partial charge in [0, 0.05) is 24.2 Å². The van der Waals surface area contributed by atoms with Crippen LogP contribution in [0.15, 0.2) is 48.8 Å². The van der Waals surface area contributed by atoms with Gasteiger partial charge >= 0.3 is 0 Å². The molecule has 0 aliphatic heterocycles. The third-order valence-electron chi connectivity index (χ3n) is 3.91. The summed E-state index contributed by atoms with van der Waals surface area (Å²) in [5, 5.41) is 2.88. The lowest BCUT2D eigenvalue weighted by Gasteiger charge is -2.09. The average Bonchev–Trinajstić information content (AvgIpc) is 3.11. The van der Waals surface area contributed by atoms with E-state index in [0.717, 1.165) is 22.6 Å². The fourth-order valence-corrected chi connectivity index (χ4v) is 2.57. The van der Waals surface area contributed by atoms with Crippen LogP contribution < -0.4 is 14.8 Å². The van der Waals surface area contributed by atoms with Crippen LogP contribution in [0.3, 0.4) is 0 Å². The molecule has 6 heteroatoms. The molecule has 0 aliphatic rings. The number of aromatic nitrogens is 2. The normalized spacial score (nSPS) is 11.0. The van der Waals surface area contributed by atoms with Crippen LogP contribution in [0.1, 0.15) is 11.3 Å². The van der Waals surface area contributed by atoms with Crippen LogP contribution >= 0.6 is 0 Å². The number of methoxy groups -OCH3 is 2. The molecular weight excluding hydrogens is 318 g/mol. The second-order valence-corrected chi connectivity index (χ2v) is 5.42. The zero-order valence-corrected chi connectivity index (χ0v) is 14.3. The molecule has 1 amide bonds. The van der Waals surface area contributed by atoms with Gasteiger partial charge in [-0.05, 0) is 42.8 Å². The van der Waals surface area contributed by atoms with E-state index in [1.165, 1.54) is 6.08 Å². The second-order valence-electron chi connectivity index (χ2n) is 5.42. The maximum absolute atomic E-state index is 12.2.